The first-order chi connectivity index (χ1) is 12.6. The minimum absolute atomic E-state index is 0.214. The van der Waals surface area contributed by atoms with Crippen LogP contribution in [0.15, 0.2) is 6.07 Å². The third-order valence-corrected chi connectivity index (χ3v) is 5.90. The van der Waals surface area contributed by atoms with Gasteiger partial charge in [0, 0.05) is 5.69 Å². The van der Waals surface area contributed by atoms with E-state index in [-0.39, 0.29) is 11.1 Å². The minimum atomic E-state index is -0.474. The Hall–Kier alpha value is -2.39. The van der Waals surface area contributed by atoms with E-state index in [0.717, 1.165) is 42.7 Å². The first-order valence-corrected chi connectivity index (χ1v) is 9.94. The van der Waals surface area contributed by atoms with Crippen molar-refractivity contribution in [3.63, 3.8) is 0 Å². The van der Waals surface area contributed by atoms with Crippen LogP contribution in [0.1, 0.15) is 63.6 Å². The molecule has 6 heteroatoms. The number of aromatic nitrogens is 1. The molecule has 0 amide bonds. The van der Waals surface area contributed by atoms with E-state index >= 15 is 0 Å². The van der Waals surface area contributed by atoms with Gasteiger partial charge >= 0.3 is 5.97 Å². The van der Waals surface area contributed by atoms with E-state index in [9.17, 15) is 10.1 Å². The molecule has 0 aliphatic heterocycles. The maximum absolute atomic E-state index is 12.2. The van der Waals surface area contributed by atoms with Crippen LogP contribution in [-0.4, -0.2) is 17.1 Å². The topological polar surface area (TPSA) is 75.0 Å². The molecule has 26 heavy (non-hydrogen) atoms. The Bertz CT molecular complexity index is 892. The zero-order valence-corrected chi connectivity index (χ0v) is 15.8. The molecule has 0 radical (unpaired) electrons. The molecule has 0 unspecified atom stereocenters. The smallest absolute Gasteiger partial charge is 0.367 e. The van der Waals surface area contributed by atoms with Gasteiger partial charge in [-0.1, -0.05) is 17.4 Å². The predicted molar refractivity (Wildman–Crippen MR) is 101 cm³/mol. The summed E-state index contributed by atoms with van der Waals surface area (Å²) >= 11 is 1.09. The largest absolute Gasteiger partial charge is 0.458 e. The van der Waals surface area contributed by atoms with Crippen molar-refractivity contribution in [2.75, 3.05) is 5.32 Å². The molecule has 1 heterocycles. The number of fused-ring (bicyclic) bond motifs is 2. The molecule has 0 saturated carbocycles. The van der Waals surface area contributed by atoms with Crippen molar-refractivity contribution in [3.8, 4) is 6.07 Å². The number of ether oxygens (including phenoxy) is 1. The molecule has 4 rings (SSSR count). The zero-order valence-electron chi connectivity index (χ0n) is 15.0. The summed E-state index contributed by atoms with van der Waals surface area (Å²) in [7, 11) is 0. The Morgan fingerprint density at radius 2 is 1.88 bits per heavy atom. The van der Waals surface area contributed by atoms with Crippen LogP contribution in [0.5, 0.6) is 0 Å². The molecular weight excluding hydrogens is 346 g/mol. The van der Waals surface area contributed by atoms with Gasteiger partial charge in [0.25, 0.3) is 0 Å². The molecule has 5 nitrogen and oxygen atoms in total. The van der Waals surface area contributed by atoms with Gasteiger partial charge in [0.2, 0.25) is 5.01 Å². The molecule has 0 spiro atoms. The van der Waals surface area contributed by atoms with E-state index in [0.29, 0.717) is 10.7 Å². The standard InChI is InChI=1S/C20H21N3O2S/c1-11(2)25-20(24)19-23-18(16(10-21)26-19)22-17-14-7-3-5-12(14)9-13-6-4-8-15(13)17/h9,11,22H,3-8H2,1-2H3. The lowest BCUT2D eigenvalue weighted by molar-refractivity contribution is 0.0377. The van der Waals surface area contributed by atoms with Gasteiger partial charge in [0.15, 0.2) is 5.82 Å². The molecule has 1 N–H and O–H groups in total. The van der Waals surface area contributed by atoms with Crippen molar-refractivity contribution in [1.29, 1.82) is 5.26 Å². The Balaban J connectivity index is 1.72. The fourth-order valence-corrected chi connectivity index (χ4v) is 4.62. The Kier molecular flexibility index (Phi) is 4.41. The van der Waals surface area contributed by atoms with Gasteiger partial charge in [-0.2, -0.15) is 5.26 Å². The van der Waals surface area contributed by atoms with Gasteiger partial charge in [-0.15, -0.1) is 0 Å². The molecule has 2 aromatic rings. The average molecular weight is 367 g/mol. The van der Waals surface area contributed by atoms with Gasteiger partial charge in [0.05, 0.1) is 6.10 Å². The summed E-state index contributed by atoms with van der Waals surface area (Å²) in [4.78, 5) is 17.0. The monoisotopic (exact) mass is 367 g/mol. The van der Waals surface area contributed by atoms with Gasteiger partial charge < -0.3 is 10.1 Å². The average Bonchev–Trinajstić information content (AvgIpc) is 3.32. The number of thiazole rings is 1. The van der Waals surface area contributed by atoms with Crippen molar-refractivity contribution < 1.29 is 9.53 Å². The predicted octanol–water partition coefficient (Wildman–Crippen LogP) is 4.30. The van der Waals surface area contributed by atoms with Crippen LogP contribution in [0.2, 0.25) is 0 Å². The van der Waals surface area contributed by atoms with E-state index < -0.39 is 5.97 Å². The summed E-state index contributed by atoms with van der Waals surface area (Å²) in [6, 6.07) is 4.53. The Morgan fingerprint density at radius 3 is 2.46 bits per heavy atom. The molecule has 0 atom stereocenters. The third kappa shape index (κ3) is 2.97. The molecule has 1 aromatic heterocycles. The molecule has 0 fully saturated rings. The number of nitrogens with one attached hydrogen (secondary N) is 1. The fourth-order valence-electron chi connectivity index (χ4n) is 3.92. The summed E-state index contributed by atoms with van der Waals surface area (Å²) < 4.78 is 5.22. The van der Waals surface area contributed by atoms with Crippen LogP contribution >= 0.6 is 11.3 Å². The number of benzene rings is 1. The van der Waals surface area contributed by atoms with E-state index in [1.807, 2.05) is 0 Å². The van der Waals surface area contributed by atoms with Crippen molar-refractivity contribution >= 4 is 28.8 Å². The second-order valence-electron chi connectivity index (χ2n) is 7.12. The van der Waals surface area contributed by atoms with Crippen molar-refractivity contribution in [3.05, 3.63) is 38.2 Å². The van der Waals surface area contributed by atoms with E-state index in [1.54, 1.807) is 13.8 Å². The minimum Gasteiger partial charge on any atom is -0.458 e. The van der Waals surface area contributed by atoms with Crippen LogP contribution < -0.4 is 5.32 Å². The van der Waals surface area contributed by atoms with E-state index in [4.69, 9.17) is 4.74 Å². The van der Waals surface area contributed by atoms with Crippen molar-refractivity contribution in [2.24, 2.45) is 0 Å². The lowest BCUT2D eigenvalue weighted by Crippen LogP contribution is -2.11. The number of rotatable bonds is 4. The molecule has 2 aliphatic rings. The second kappa shape index (κ2) is 6.73. The normalized spacial score (nSPS) is 14.8. The Morgan fingerprint density at radius 1 is 1.23 bits per heavy atom. The number of carbonyl (C=O) groups excluding carboxylic acids is 1. The first-order valence-electron chi connectivity index (χ1n) is 9.12. The summed E-state index contributed by atoms with van der Waals surface area (Å²) in [6.07, 6.45) is 6.46. The number of aryl methyl sites for hydroxylation is 2. The maximum atomic E-state index is 12.2. The SMILES string of the molecule is CC(C)OC(=O)c1nc(Nc2c3c(cc4c2CCC4)CCC3)c(C#N)s1. The quantitative estimate of drug-likeness (QED) is 0.816. The van der Waals surface area contributed by atoms with Gasteiger partial charge in [-0.05, 0) is 74.6 Å². The molecule has 0 saturated heterocycles. The van der Waals surface area contributed by atoms with Crippen LogP contribution in [0.4, 0.5) is 11.5 Å². The summed E-state index contributed by atoms with van der Waals surface area (Å²) in [5, 5.41) is 13.1. The summed E-state index contributed by atoms with van der Waals surface area (Å²) in [6.45, 7) is 3.60. The summed E-state index contributed by atoms with van der Waals surface area (Å²) in [5.41, 5.74) is 6.67. The third-order valence-electron chi connectivity index (χ3n) is 4.96. The van der Waals surface area contributed by atoms with Crippen LogP contribution in [0.25, 0.3) is 0 Å². The number of carbonyl (C=O) groups is 1. The maximum Gasteiger partial charge on any atom is 0.367 e. The highest BCUT2D eigenvalue weighted by molar-refractivity contribution is 7.14. The van der Waals surface area contributed by atoms with Crippen molar-refractivity contribution in [1.82, 2.24) is 4.98 Å². The number of nitrogens with zero attached hydrogens (tertiary/aromatic N) is 2. The molecule has 134 valence electrons. The highest BCUT2D eigenvalue weighted by Crippen LogP contribution is 2.40. The van der Waals surface area contributed by atoms with Crippen LogP contribution in [-0.2, 0) is 30.4 Å². The van der Waals surface area contributed by atoms with Crippen molar-refractivity contribution in [2.45, 2.75) is 58.5 Å². The first kappa shape index (κ1) is 17.0. The molecule has 2 aliphatic carbocycles. The number of hydrogen-bond acceptors (Lipinski definition) is 6. The molecular formula is C20H21N3O2S. The van der Waals surface area contributed by atoms with E-state index in [2.05, 4.69) is 22.4 Å². The fraction of sp³-hybridized carbons (Fsp3) is 0.450. The number of esters is 1. The number of hydrogen-bond donors (Lipinski definition) is 1. The van der Waals surface area contributed by atoms with Gasteiger partial charge in [-0.25, -0.2) is 9.78 Å². The van der Waals surface area contributed by atoms with Crippen LogP contribution in [0, 0.1) is 11.3 Å². The molecule has 1 aromatic carbocycles. The lowest BCUT2D eigenvalue weighted by Gasteiger charge is -2.16. The zero-order chi connectivity index (χ0) is 18.3. The highest BCUT2D eigenvalue weighted by atomic mass is 32.1. The Labute approximate surface area is 157 Å². The summed E-state index contributed by atoms with van der Waals surface area (Å²) in [5.74, 6) is 0.000626. The van der Waals surface area contributed by atoms with E-state index in [1.165, 1.54) is 35.1 Å². The van der Waals surface area contributed by atoms with Crippen LogP contribution in [0.3, 0.4) is 0 Å². The van der Waals surface area contributed by atoms with Gasteiger partial charge in [0.1, 0.15) is 10.9 Å². The van der Waals surface area contributed by atoms with Gasteiger partial charge in [-0.3, -0.25) is 0 Å². The second-order valence-corrected chi connectivity index (χ2v) is 8.12. The number of nitriles is 1. The number of anilines is 2. The lowest BCUT2D eigenvalue weighted by atomic mass is 9.98. The highest BCUT2D eigenvalue weighted by Gasteiger charge is 2.26. The molecule has 0 bridgehead atoms.